The van der Waals surface area contributed by atoms with Gasteiger partial charge in [0.2, 0.25) is 5.78 Å². The summed E-state index contributed by atoms with van der Waals surface area (Å²) in [6.45, 7) is 4.60. The highest BCUT2D eigenvalue weighted by molar-refractivity contribution is 5.84. The van der Waals surface area contributed by atoms with E-state index in [9.17, 15) is 13.6 Å². The maximum atomic E-state index is 12.7. The highest BCUT2D eigenvalue weighted by Gasteiger charge is 2.39. The Bertz CT molecular complexity index is 155. The molecule has 0 aromatic carbocycles. The topological polar surface area (TPSA) is 26.3 Å². The van der Waals surface area contributed by atoms with Gasteiger partial charge in [0.05, 0.1) is 6.10 Å². The molecular weight excluding hydrogens is 166 g/mol. The average Bonchev–Trinajstić information content (AvgIpc) is 1.85. The second kappa shape index (κ2) is 4.50. The van der Waals surface area contributed by atoms with Crippen molar-refractivity contribution >= 4 is 5.78 Å². The zero-order valence-corrected chi connectivity index (χ0v) is 7.56. The van der Waals surface area contributed by atoms with Crippen LogP contribution < -0.4 is 0 Å². The van der Waals surface area contributed by atoms with E-state index in [0.29, 0.717) is 6.42 Å². The molecule has 12 heavy (non-hydrogen) atoms. The van der Waals surface area contributed by atoms with Crippen LogP contribution in [0.15, 0.2) is 0 Å². The molecule has 0 bridgehead atoms. The van der Waals surface area contributed by atoms with Crippen LogP contribution >= 0.6 is 0 Å². The molecule has 0 radical (unpaired) electrons. The normalized spacial score (nSPS) is 12.2. The fraction of sp³-hybridized carbons (Fsp3) is 0.875. The molecule has 0 atom stereocenters. The van der Waals surface area contributed by atoms with E-state index in [1.54, 1.807) is 6.92 Å². The quantitative estimate of drug-likeness (QED) is 0.649. The predicted octanol–water partition coefficient (Wildman–Crippen LogP) is 2.37. The summed E-state index contributed by atoms with van der Waals surface area (Å²) in [5, 5.41) is 0. The molecule has 0 saturated heterocycles. The number of ketones is 1. The molecule has 0 unspecified atom stereocenters. The minimum absolute atomic E-state index is 0.139. The maximum Gasteiger partial charge on any atom is 0.416 e. The first kappa shape index (κ1) is 11.5. The fourth-order valence-electron chi connectivity index (χ4n) is 0.734. The largest absolute Gasteiger partial charge is 0.416 e. The Morgan fingerprint density at radius 1 is 1.50 bits per heavy atom. The van der Waals surface area contributed by atoms with Crippen molar-refractivity contribution in [2.75, 3.05) is 0 Å². The number of carbonyl (C=O) groups excluding carboxylic acids is 1. The molecule has 0 aromatic rings. The summed E-state index contributed by atoms with van der Waals surface area (Å²) >= 11 is 0. The van der Waals surface area contributed by atoms with Gasteiger partial charge in [0.1, 0.15) is 0 Å². The molecular formula is C8H14F2O2. The lowest BCUT2D eigenvalue weighted by molar-refractivity contribution is -0.242. The van der Waals surface area contributed by atoms with E-state index >= 15 is 0 Å². The molecule has 72 valence electrons. The average molecular weight is 180 g/mol. The Hall–Kier alpha value is -0.510. The van der Waals surface area contributed by atoms with E-state index in [0.717, 1.165) is 0 Å². The first-order valence-corrected chi connectivity index (χ1v) is 3.99. The number of alkyl halides is 2. The second-order valence-corrected chi connectivity index (χ2v) is 2.86. The van der Waals surface area contributed by atoms with Crippen molar-refractivity contribution in [3.63, 3.8) is 0 Å². The van der Waals surface area contributed by atoms with Crippen LogP contribution in [0, 0.1) is 0 Å². The molecule has 0 N–H and O–H groups in total. The summed E-state index contributed by atoms with van der Waals surface area (Å²) in [4.78, 5) is 10.7. The summed E-state index contributed by atoms with van der Waals surface area (Å²) in [5.74, 6) is -1.14. The van der Waals surface area contributed by atoms with Gasteiger partial charge in [0.25, 0.3) is 0 Å². The van der Waals surface area contributed by atoms with Gasteiger partial charge < -0.3 is 4.74 Å². The molecule has 0 heterocycles. The third-order valence-electron chi connectivity index (χ3n) is 1.19. The van der Waals surface area contributed by atoms with E-state index in [1.165, 1.54) is 13.8 Å². The van der Waals surface area contributed by atoms with Crippen LogP contribution in [0.4, 0.5) is 8.78 Å². The Morgan fingerprint density at radius 3 is 2.33 bits per heavy atom. The van der Waals surface area contributed by atoms with Crippen LogP contribution in [0.2, 0.25) is 0 Å². The molecule has 4 heteroatoms. The molecule has 0 aromatic heterocycles. The van der Waals surface area contributed by atoms with Gasteiger partial charge in [-0.25, -0.2) is 0 Å². The summed E-state index contributed by atoms with van der Waals surface area (Å²) in [5.41, 5.74) is 0. The molecule has 0 spiro atoms. The van der Waals surface area contributed by atoms with E-state index < -0.39 is 18.0 Å². The second-order valence-electron chi connectivity index (χ2n) is 2.86. The lowest BCUT2D eigenvalue weighted by Gasteiger charge is -2.17. The minimum atomic E-state index is -3.61. The van der Waals surface area contributed by atoms with Crippen molar-refractivity contribution < 1.29 is 18.3 Å². The minimum Gasteiger partial charge on any atom is -0.311 e. The summed E-state index contributed by atoms with van der Waals surface area (Å²) in [7, 11) is 0. The van der Waals surface area contributed by atoms with Gasteiger partial charge in [0.15, 0.2) is 0 Å². The fourth-order valence-corrected chi connectivity index (χ4v) is 0.734. The van der Waals surface area contributed by atoms with Crippen molar-refractivity contribution in [1.82, 2.24) is 0 Å². The third kappa shape index (κ3) is 3.76. The van der Waals surface area contributed by atoms with E-state index in [-0.39, 0.29) is 6.42 Å². The van der Waals surface area contributed by atoms with Crippen molar-refractivity contribution in [2.45, 2.75) is 45.8 Å². The lowest BCUT2D eigenvalue weighted by Crippen LogP contribution is -2.34. The molecule has 0 rings (SSSR count). The van der Waals surface area contributed by atoms with E-state index in [2.05, 4.69) is 4.74 Å². The molecule has 2 nitrogen and oxygen atoms in total. The standard InChI is InChI=1S/C8H14F2O2/c1-4-5-7(11)8(9,10)12-6(2)3/h6H,4-5H2,1-3H3. The number of halogens is 2. The lowest BCUT2D eigenvalue weighted by atomic mass is 10.2. The van der Waals surface area contributed by atoms with Gasteiger partial charge in [0, 0.05) is 6.42 Å². The molecule has 0 aliphatic heterocycles. The Balaban J connectivity index is 4.09. The number of carbonyl (C=O) groups is 1. The number of rotatable bonds is 5. The first-order valence-electron chi connectivity index (χ1n) is 3.99. The molecule has 0 saturated carbocycles. The van der Waals surface area contributed by atoms with Crippen LogP contribution in [0.1, 0.15) is 33.6 Å². The summed E-state index contributed by atoms with van der Waals surface area (Å²) < 4.78 is 29.5. The summed E-state index contributed by atoms with van der Waals surface area (Å²) in [6.07, 6.45) is -3.97. The van der Waals surface area contributed by atoms with Crippen LogP contribution in [0.3, 0.4) is 0 Å². The molecule has 0 amide bonds. The SMILES string of the molecule is CCCC(=O)C(F)(F)OC(C)C. The van der Waals surface area contributed by atoms with Crippen LogP contribution in [-0.4, -0.2) is 18.0 Å². The Labute approximate surface area is 70.9 Å². The summed E-state index contributed by atoms with van der Waals surface area (Å²) in [6, 6.07) is 0. The zero-order chi connectivity index (χ0) is 9.78. The Morgan fingerprint density at radius 2 is 2.00 bits per heavy atom. The van der Waals surface area contributed by atoms with Crippen LogP contribution in [0.5, 0.6) is 0 Å². The number of Topliss-reactive ketones (excluding diaryl/α,β-unsaturated/α-hetero) is 1. The number of ether oxygens (including phenoxy) is 1. The van der Waals surface area contributed by atoms with Crippen LogP contribution in [0.25, 0.3) is 0 Å². The molecule has 0 aliphatic rings. The van der Waals surface area contributed by atoms with Gasteiger partial charge in [-0.1, -0.05) is 6.92 Å². The third-order valence-corrected chi connectivity index (χ3v) is 1.19. The molecule has 0 aliphatic carbocycles. The monoisotopic (exact) mass is 180 g/mol. The van der Waals surface area contributed by atoms with Gasteiger partial charge in [-0.05, 0) is 20.3 Å². The van der Waals surface area contributed by atoms with Gasteiger partial charge in [-0.3, -0.25) is 4.79 Å². The first-order chi connectivity index (χ1) is 5.40. The van der Waals surface area contributed by atoms with E-state index in [4.69, 9.17) is 0 Å². The van der Waals surface area contributed by atoms with Crippen molar-refractivity contribution in [1.29, 1.82) is 0 Å². The highest BCUT2D eigenvalue weighted by Crippen LogP contribution is 2.20. The van der Waals surface area contributed by atoms with Crippen molar-refractivity contribution in [2.24, 2.45) is 0 Å². The van der Waals surface area contributed by atoms with Crippen LogP contribution in [-0.2, 0) is 9.53 Å². The van der Waals surface area contributed by atoms with E-state index in [1.807, 2.05) is 0 Å². The predicted molar refractivity (Wildman–Crippen MR) is 41.1 cm³/mol. The van der Waals surface area contributed by atoms with Gasteiger partial charge >= 0.3 is 6.11 Å². The zero-order valence-electron chi connectivity index (χ0n) is 7.56. The number of hydrogen-bond donors (Lipinski definition) is 0. The number of hydrogen-bond acceptors (Lipinski definition) is 2. The van der Waals surface area contributed by atoms with Crippen molar-refractivity contribution in [3.05, 3.63) is 0 Å². The van der Waals surface area contributed by atoms with Gasteiger partial charge in [-0.15, -0.1) is 0 Å². The molecule has 0 fully saturated rings. The van der Waals surface area contributed by atoms with Gasteiger partial charge in [-0.2, -0.15) is 8.78 Å². The highest BCUT2D eigenvalue weighted by atomic mass is 19.3. The smallest absolute Gasteiger partial charge is 0.311 e. The Kier molecular flexibility index (Phi) is 4.31. The maximum absolute atomic E-state index is 12.7. The van der Waals surface area contributed by atoms with Crippen molar-refractivity contribution in [3.8, 4) is 0 Å².